The summed E-state index contributed by atoms with van der Waals surface area (Å²) in [6.45, 7) is 5.79. The maximum atomic E-state index is 10.8. The van der Waals surface area contributed by atoms with E-state index in [1.165, 1.54) is 5.56 Å². The lowest BCUT2D eigenvalue weighted by molar-refractivity contribution is -0.136. The van der Waals surface area contributed by atoms with E-state index in [4.69, 9.17) is 5.11 Å². The Morgan fingerprint density at radius 2 is 2.20 bits per heavy atom. The third-order valence-corrected chi connectivity index (χ3v) is 2.85. The molecule has 3 N–H and O–H groups in total. The highest BCUT2D eigenvalue weighted by molar-refractivity contribution is 5.71. The molecule has 0 aromatic carbocycles. The van der Waals surface area contributed by atoms with Crippen LogP contribution in [0.15, 0.2) is 0 Å². The number of nitrogens with one attached hydrogen (secondary N) is 2. The SMILES string of the molecule is CC(C)c1[nH]c2c(c1CC(=O)O)CNC2. The van der Waals surface area contributed by atoms with Crippen molar-refractivity contribution in [3.8, 4) is 0 Å². The van der Waals surface area contributed by atoms with Crippen molar-refractivity contribution in [2.45, 2.75) is 39.3 Å². The fraction of sp³-hybridized carbons (Fsp3) is 0.545. The van der Waals surface area contributed by atoms with Crippen LogP contribution in [0.3, 0.4) is 0 Å². The highest BCUT2D eigenvalue weighted by Crippen LogP contribution is 2.28. The van der Waals surface area contributed by atoms with E-state index in [2.05, 4.69) is 24.1 Å². The standard InChI is InChI=1S/C11H16N2O2/c1-6(2)11-7(3-10(14)15)8-4-12-5-9(8)13-11/h6,12-13H,3-5H2,1-2H3,(H,14,15). The highest BCUT2D eigenvalue weighted by Gasteiger charge is 2.23. The number of carboxylic acid groups (broad SMARTS) is 1. The van der Waals surface area contributed by atoms with Crippen LogP contribution in [0.2, 0.25) is 0 Å². The molecular formula is C11H16N2O2. The van der Waals surface area contributed by atoms with E-state index in [0.717, 1.165) is 30.0 Å². The summed E-state index contributed by atoms with van der Waals surface area (Å²) < 4.78 is 0. The summed E-state index contributed by atoms with van der Waals surface area (Å²) in [7, 11) is 0. The maximum Gasteiger partial charge on any atom is 0.307 e. The summed E-state index contributed by atoms with van der Waals surface area (Å²) in [5.41, 5.74) is 4.40. The largest absolute Gasteiger partial charge is 0.481 e. The summed E-state index contributed by atoms with van der Waals surface area (Å²) >= 11 is 0. The summed E-state index contributed by atoms with van der Waals surface area (Å²) in [6.07, 6.45) is 0.126. The Balaban J connectivity index is 2.43. The van der Waals surface area contributed by atoms with Gasteiger partial charge in [0.1, 0.15) is 0 Å². The molecule has 0 amide bonds. The summed E-state index contributed by atoms with van der Waals surface area (Å²) in [6, 6.07) is 0. The van der Waals surface area contributed by atoms with Gasteiger partial charge in [-0.1, -0.05) is 13.8 Å². The zero-order chi connectivity index (χ0) is 11.0. The van der Waals surface area contributed by atoms with Crippen molar-refractivity contribution in [1.29, 1.82) is 0 Å². The number of carbonyl (C=O) groups is 1. The van der Waals surface area contributed by atoms with E-state index < -0.39 is 5.97 Å². The second-order valence-electron chi connectivity index (χ2n) is 4.30. The molecule has 1 aliphatic heterocycles. The van der Waals surface area contributed by atoms with Crippen LogP contribution in [0.5, 0.6) is 0 Å². The van der Waals surface area contributed by atoms with Crippen molar-refractivity contribution >= 4 is 5.97 Å². The number of hydrogen-bond donors (Lipinski definition) is 3. The molecule has 1 aliphatic rings. The molecule has 0 fully saturated rings. The van der Waals surface area contributed by atoms with Gasteiger partial charge in [0.25, 0.3) is 0 Å². The predicted octanol–water partition coefficient (Wildman–Crippen LogP) is 1.37. The molecular weight excluding hydrogens is 192 g/mol. The van der Waals surface area contributed by atoms with Gasteiger partial charge >= 0.3 is 5.97 Å². The zero-order valence-electron chi connectivity index (χ0n) is 9.05. The fourth-order valence-corrected chi connectivity index (χ4v) is 2.18. The monoisotopic (exact) mass is 208 g/mol. The first-order valence-electron chi connectivity index (χ1n) is 5.24. The van der Waals surface area contributed by atoms with Crippen molar-refractivity contribution in [3.05, 3.63) is 22.5 Å². The van der Waals surface area contributed by atoms with E-state index in [1.807, 2.05) is 0 Å². The van der Waals surface area contributed by atoms with E-state index in [1.54, 1.807) is 0 Å². The van der Waals surface area contributed by atoms with E-state index in [0.29, 0.717) is 5.92 Å². The Morgan fingerprint density at radius 3 is 2.80 bits per heavy atom. The van der Waals surface area contributed by atoms with E-state index >= 15 is 0 Å². The van der Waals surface area contributed by atoms with Crippen molar-refractivity contribution in [2.75, 3.05) is 0 Å². The van der Waals surface area contributed by atoms with Gasteiger partial charge in [0.15, 0.2) is 0 Å². The van der Waals surface area contributed by atoms with Gasteiger partial charge in [-0.25, -0.2) is 0 Å². The number of aromatic nitrogens is 1. The third kappa shape index (κ3) is 1.77. The quantitative estimate of drug-likeness (QED) is 0.703. The maximum absolute atomic E-state index is 10.8. The number of hydrogen-bond acceptors (Lipinski definition) is 2. The molecule has 4 heteroatoms. The number of rotatable bonds is 3. The number of fused-ring (bicyclic) bond motifs is 1. The lowest BCUT2D eigenvalue weighted by atomic mass is 10.0. The van der Waals surface area contributed by atoms with Crippen molar-refractivity contribution in [3.63, 3.8) is 0 Å². The average Bonchev–Trinajstić information content (AvgIpc) is 2.66. The van der Waals surface area contributed by atoms with Gasteiger partial charge in [0.2, 0.25) is 0 Å². The topological polar surface area (TPSA) is 65.1 Å². The molecule has 0 unspecified atom stereocenters. The van der Waals surface area contributed by atoms with Gasteiger partial charge in [-0.05, 0) is 17.0 Å². The Morgan fingerprint density at radius 1 is 1.47 bits per heavy atom. The van der Waals surface area contributed by atoms with Gasteiger partial charge < -0.3 is 15.4 Å². The van der Waals surface area contributed by atoms with Gasteiger partial charge in [0.05, 0.1) is 6.42 Å². The molecule has 15 heavy (non-hydrogen) atoms. The van der Waals surface area contributed by atoms with Crippen molar-refractivity contribution < 1.29 is 9.90 Å². The van der Waals surface area contributed by atoms with Crippen LogP contribution in [0.25, 0.3) is 0 Å². The first kappa shape index (κ1) is 10.2. The Bertz CT molecular complexity index is 394. The Kier molecular flexibility index (Phi) is 2.52. The number of H-pyrrole nitrogens is 1. The molecule has 1 aromatic rings. The van der Waals surface area contributed by atoms with E-state index in [9.17, 15) is 4.79 Å². The van der Waals surface area contributed by atoms with Crippen LogP contribution < -0.4 is 5.32 Å². The normalized spacial score (nSPS) is 14.6. The molecule has 4 nitrogen and oxygen atoms in total. The summed E-state index contributed by atoms with van der Waals surface area (Å²) in [4.78, 5) is 14.1. The molecule has 0 saturated heterocycles. The highest BCUT2D eigenvalue weighted by atomic mass is 16.4. The van der Waals surface area contributed by atoms with Gasteiger partial charge in [-0.15, -0.1) is 0 Å². The minimum atomic E-state index is -0.759. The molecule has 0 saturated carbocycles. The van der Waals surface area contributed by atoms with Crippen molar-refractivity contribution in [2.24, 2.45) is 0 Å². The van der Waals surface area contributed by atoms with Gasteiger partial charge in [0, 0.05) is 24.5 Å². The second-order valence-corrected chi connectivity index (χ2v) is 4.30. The third-order valence-electron chi connectivity index (χ3n) is 2.85. The average molecular weight is 208 g/mol. The molecule has 2 heterocycles. The number of aliphatic carboxylic acids is 1. The van der Waals surface area contributed by atoms with Crippen LogP contribution >= 0.6 is 0 Å². The van der Waals surface area contributed by atoms with Crippen LogP contribution in [0.4, 0.5) is 0 Å². The number of carboxylic acids is 1. The minimum Gasteiger partial charge on any atom is -0.481 e. The van der Waals surface area contributed by atoms with Crippen LogP contribution in [0, 0.1) is 0 Å². The second kappa shape index (κ2) is 3.70. The smallest absolute Gasteiger partial charge is 0.307 e. The first-order chi connectivity index (χ1) is 7.09. The molecule has 1 aromatic heterocycles. The summed E-state index contributed by atoms with van der Waals surface area (Å²) in [5, 5.41) is 12.1. The number of aromatic amines is 1. The zero-order valence-corrected chi connectivity index (χ0v) is 9.05. The minimum absolute atomic E-state index is 0.126. The van der Waals surface area contributed by atoms with E-state index in [-0.39, 0.29) is 6.42 Å². The van der Waals surface area contributed by atoms with Gasteiger partial charge in [-0.2, -0.15) is 0 Å². The predicted molar refractivity (Wildman–Crippen MR) is 56.8 cm³/mol. The van der Waals surface area contributed by atoms with Crippen LogP contribution in [-0.4, -0.2) is 16.1 Å². The molecule has 0 bridgehead atoms. The molecule has 0 spiro atoms. The molecule has 82 valence electrons. The lowest BCUT2D eigenvalue weighted by Crippen LogP contribution is -2.08. The summed E-state index contributed by atoms with van der Waals surface area (Å²) in [5.74, 6) is -0.407. The first-order valence-corrected chi connectivity index (χ1v) is 5.24. The molecule has 0 atom stereocenters. The van der Waals surface area contributed by atoms with Crippen LogP contribution in [-0.2, 0) is 24.3 Å². The molecule has 0 aliphatic carbocycles. The van der Waals surface area contributed by atoms with Crippen LogP contribution in [0.1, 0.15) is 42.3 Å². The fourth-order valence-electron chi connectivity index (χ4n) is 2.18. The van der Waals surface area contributed by atoms with Gasteiger partial charge in [-0.3, -0.25) is 4.79 Å². The van der Waals surface area contributed by atoms with Crippen molar-refractivity contribution in [1.82, 2.24) is 10.3 Å². The lowest BCUT2D eigenvalue weighted by Gasteiger charge is -2.07. The Labute approximate surface area is 88.7 Å². The molecule has 2 rings (SSSR count). The Hall–Kier alpha value is -1.29. The molecule has 0 radical (unpaired) electrons.